The summed E-state index contributed by atoms with van der Waals surface area (Å²) in [4.78, 5) is -0.387. The van der Waals surface area contributed by atoms with Crippen molar-refractivity contribution in [1.29, 1.82) is 5.26 Å². The van der Waals surface area contributed by atoms with Crippen LogP contribution in [0.5, 0.6) is 0 Å². The molecule has 21 heavy (non-hydrogen) atoms. The van der Waals surface area contributed by atoms with Crippen molar-refractivity contribution in [2.45, 2.75) is 16.2 Å². The summed E-state index contributed by atoms with van der Waals surface area (Å²) >= 11 is 0. The minimum atomic E-state index is -3.96. The van der Waals surface area contributed by atoms with Crippen LogP contribution in [-0.4, -0.2) is 41.0 Å². The maximum atomic E-state index is 12.4. The number of rotatable bonds is 6. The first-order chi connectivity index (χ1) is 9.64. The van der Waals surface area contributed by atoms with Gasteiger partial charge in [0.15, 0.2) is 9.84 Å². The molecule has 0 aliphatic carbocycles. The molecule has 0 heterocycles. The number of nitrogens with one attached hydrogen (secondary N) is 1. The predicted molar refractivity (Wildman–Crippen MR) is 77.4 cm³/mol. The summed E-state index contributed by atoms with van der Waals surface area (Å²) in [6, 6.07) is 5.43. The molecule has 0 amide bonds. The van der Waals surface area contributed by atoms with Crippen LogP contribution < -0.4 is 11.3 Å². The van der Waals surface area contributed by atoms with E-state index in [1.807, 2.05) is 6.07 Å². The SMILES string of the molecule is CN(CCC#N)S(=O)(=O)c1cc(S(C)(=O)=O)ccc1NN. The number of benzene rings is 1. The predicted octanol–water partition coefficient (Wildman–Crippen LogP) is -0.0901. The number of nitrogen functional groups attached to an aromatic ring is 1. The maximum absolute atomic E-state index is 12.4. The number of anilines is 1. The molecule has 1 aromatic carbocycles. The van der Waals surface area contributed by atoms with Crippen LogP contribution in [-0.2, 0) is 19.9 Å². The number of nitriles is 1. The lowest BCUT2D eigenvalue weighted by molar-refractivity contribution is 0.476. The molecule has 0 saturated carbocycles. The molecule has 0 atom stereocenters. The summed E-state index contributed by atoms with van der Waals surface area (Å²) in [6.07, 6.45) is 1.00. The summed E-state index contributed by atoms with van der Waals surface area (Å²) in [5.74, 6) is 5.27. The van der Waals surface area contributed by atoms with E-state index in [1.165, 1.54) is 19.2 Å². The first-order valence-electron chi connectivity index (χ1n) is 5.78. The van der Waals surface area contributed by atoms with Crippen LogP contribution in [0.1, 0.15) is 6.42 Å². The second kappa shape index (κ2) is 6.40. The summed E-state index contributed by atoms with van der Waals surface area (Å²) in [5.41, 5.74) is 2.30. The normalized spacial score (nSPS) is 12.1. The van der Waals surface area contributed by atoms with Crippen LogP contribution in [0.25, 0.3) is 0 Å². The molecule has 0 aromatic heterocycles. The Morgan fingerprint density at radius 2 is 1.95 bits per heavy atom. The van der Waals surface area contributed by atoms with Gasteiger partial charge < -0.3 is 5.43 Å². The smallest absolute Gasteiger partial charge is 0.244 e. The minimum absolute atomic E-state index is 0.00799. The molecule has 1 rings (SSSR count). The van der Waals surface area contributed by atoms with E-state index in [4.69, 9.17) is 11.1 Å². The van der Waals surface area contributed by atoms with Gasteiger partial charge in [0.05, 0.1) is 16.7 Å². The number of hydrogen-bond donors (Lipinski definition) is 2. The molecule has 0 spiro atoms. The van der Waals surface area contributed by atoms with Crippen LogP contribution in [0.2, 0.25) is 0 Å². The summed E-state index contributed by atoms with van der Waals surface area (Å²) in [5, 5.41) is 8.52. The van der Waals surface area contributed by atoms with Gasteiger partial charge in [0, 0.05) is 26.3 Å². The fourth-order valence-corrected chi connectivity index (χ4v) is 3.63. The molecule has 0 saturated heterocycles. The van der Waals surface area contributed by atoms with Crippen molar-refractivity contribution >= 4 is 25.5 Å². The van der Waals surface area contributed by atoms with E-state index in [-0.39, 0.29) is 28.4 Å². The number of sulfone groups is 1. The molecule has 0 fully saturated rings. The van der Waals surface area contributed by atoms with Gasteiger partial charge in [0.25, 0.3) is 0 Å². The van der Waals surface area contributed by atoms with E-state index >= 15 is 0 Å². The number of hydrogen-bond acceptors (Lipinski definition) is 7. The zero-order chi connectivity index (χ0) is 16.3. The van der Waals surface area contributed by atoms with Crippen molar-refractivity contribution in [3.63, 3.8) is 0 Å². The van der Waals surface area contributed by atoms with Gasteiger partial charge in [0.1, 0.15) is 4.90 Å². The number of hydrazine groups is 1. The van der Waals surface area contributed by atoms with Crippen LogP contribution >= 0.6 is 0 Å². The molecule has 0 aliphatic rings. The van der Waals surface area contributed by atoms with Gasteiger partial charge in [-0.1, -0.05) is 0 Å². The van der Waals surface area contributed by atoms with Crippen molar-refractivity contribution in [2.75, 3.05) is 25.3 Å². The maximum Gasteiger partial charge on any atom is 0.244 e. The van der Waals surface area contributed by atoms with E-state index in [9.17, 15) is 16.8 Å². The van der Waals surface area contributed by atoms with Crippen LogP contribution in [0.15, 0.2) is 28.0 Å². The molecule has 0 radical (unpaired) electrons. The van der Waals surface area contributed by atoms with Crippen LogP contribution in [0.3, 0.4) is 0 Å². The molecule has 3 N–H and O–H groups in total. The molecular weight excluding hydrogens is 316 g/mol. The Morgan fingerprint density at radius 1 is 1.33 bits per heavy atom. The summed E-state index contributed by atoms with van der Waals surface area (Å²) in [6.45, 7) is -0.00799. The first-order valence-corrected chi connectivity index (χ1v) is 9.11. The van der Waals surface area contributed by atoms with E-state index in [1.54, 1.807) is 0 Å². The van der Waals surface area contributed by atoms with E-state index in [0.717, 1.165) is 16.6 Å². The second-order valence-corrected chi connectivity index (χ2v) is 8.34. The average Bonchev–Trinajstić information content (AvgIpc) is 2.42. The first kappa shape index (κ1) is 17.4. The van der Waals surface area contributed by atoms with Crippen molar-refractivity contribution < 1.29 is 16.8 Å². The summed E-state index contributed by atoms with van der Waals surface area (Å²) < 4.78 is 48.9. The zero-order valence-electron chi connectivity index (χ0n) is 11.6. The standard InChI is InChI=1S/C11H16N4O4S2/c1-15(7-3-6-12)21(18,19)11-8-9(20(2,16)17)4-5-10(11)14-13/h4-5,8,14H,3,7,13H2,1-2H3. The lowest BCUT2D eigenvalue weighted by atomic mass is 10.3. The lowest BCUT2D eigenvalue weighted by Crippen LogP contribution is -2.29. The van der Waals surface area contributed by atoms with E-state index < -0.39 is 19.9 Å². The molecular formula is C11H16N4O4S2. The summed E-state index contributed by atoms with van der Waals surface area (Å²) in [7, 11) is -6.21. The Bertz CT molecular complexity index is 766. The van der Waals surface area contributed by atoms with Gasteiger partial charge in [-0.05, 0) is 18.2 Å². The number of nitrogens with zero attached hydrogens (tertiary/aromatic N) is 2. The van der Waals surface area contributed by atoms with E-state index in [0.29, 0.717) is 0 Å². The third-order valence-electron chi connectivity index (χ3n) is 2.76. The Hall–Kier alpha value is -1.67. The largest absolute Gasteiger partial charge is 0.323 e. The van der Waals surface area contributed by atoms with Gasteiger partial charge in [-0.25, -0.2) is 16.8 Å². The molecule has 0 unspecified atom stereocenters. The fraction of sp³-hybridized carbons (Fsp3) is 0.364. The minimum Gasteiger partial charge on any atom is -0.323 e. The van der Waals surface area contributed by atoms with Crippen molar-refractivity contribution in [3.05, 3.63) is 18.2 Å². The lowest BCUT2D eigenvalue weighted by Gasteiger charge is -2.18. The second-order valence-electron chi connectivity index (χ2n) is 4.31. The van der Waals surface area contributed by atoms with Gasteiger partial charge in [-0.15, -0.1) is 0 Å². The van der Waals surface area contributed by atoms with Gasteiger partial charge in [0.2, 0.25) is 10.0 Å². The highest BCUT2D eigenvalue weighted by Crippen LogP contribution is 2.26. The van der Waals surface area contributed by atoms with Gasteiger partial charge in [-0.3, -0.25) is 5.84 Å². The van der Waals surface area contributed by atoms with Crippen molar-refractivity contribution in [1.82, 2.24) is 4.31 Å². The number of sulfonamides is 1. The monoisotopic (exact) mass is 332 g/mol. The Balaban J connectivity index is 3.43. The quantitative estimate of drug-likeness (QED) is 0.549. The van der Waals surface area contributed by atoms with Gasteiger partial charge >= 0.3 is 0 Å². The van der Waals surface area contributed by atoms with Crippen molar-refractivity contribution in [2.24, 2.45) is 5.84 Å². The molecule has 0 aliphatic heterocycles. The Morgan fingerprint density at radius 3 is 2.43 bits per heavy atom. The Labute approximate surface area is 124 Å². The number of nitrogens with two attached hydrogens (primary N) is 1. The molecule has 116 valence electrons. The highest BCUT2D eigenvalue weighted by atomic mass is 32.2. The van der Waals surface area contributed by atoms with Crippen LogP contribution in [0.4, 0.5) is 5.69 Å². The molecule has 0 bridgehead atoms. The molecule has 8 nitrogen and oxygen atoms in total. The zero-order valence-corrected chi connectivity index (χ0v) is 13.2. The highest BCUT2D eigenvalue weighted by molar-refractivity contribution is 7.91. The third-order valence-corrected chi connectivity index (χ3v) is 5.77. The fourth-order valence-electron chi connectivity index (χ4n) is 1.56. The molecule has 10 heteroatoms. The topological polar surface area (TPSA) is 133 Å². The van der Waals surface area contributed by atoms with Crippen LogP contribution in [0, 0.1) is 11.3 Å². The third kappa shape index (κ3) is 3.92. The average molecular weight is 332 g/mol. The Kier molecular flexibility index (Phi) is 5.30. The highest BCUT2D eigenvalue weighted by Gasteiger charge is 2.25. The van der Waals surface area contributed by atoms with Gasteiger partial charge in [-0.2, -0.15) is 9.57 Å². The van der Waals surface area contributed by atoms with Crippen molar-refractivity contribution in [3.8, 4) is 6.07 Å². The van der Waals surface area contributed by atoms with E-state index in [2.05, 4.69) is 5.43 Å². The molecule has 1 aromatic rings.